The van der Waals surface area contributed by atoms with E-state index in [0.717, 1.165) is 28.8 Å². The van der Waals surface area contributed by atoms with E-state index >= 15 is 0 Å². The number of hydrogen-bond acceptors (Lipinski definition) is 2. The van der Waals surface area contributed by atoms with Crippen molar-refractivity contribution in [1.82, 2.24) is 9.38 Å². The SMILES string of the molecule is C1=c2c3cc4[nH]c5c(-c6ccccc6)c(N(c6ccccc6)c6ccc(C7CCCCC7)cc6)ccc5c4cc3n3c2c(c2ccccc23)C(N(c2ccccc2)c2ccc(C3CCCCC3)cc2)C1. The summed E-state index contributed by atoms with van der Waals surface area (Å²) in [7, 11) is 0. The third-order valence-corrected chi connectivity index (χ3v) is 16.6. The number of aromatic nitrogens is 2. The molecule has 14 rings (SSSR count). The topological polar surface area (TPSA) is 26.7 Å². The normalized spacial score (nSPS) is 16.7. The van der Waals surface area contributed by atoms with Gasteiger partial charge in [-0.15, -0.1) is 0 Å². The number of rotatable bonds is 9. The minimum atomic E-state index is 0.121. The van der Waals surface area contributed by atoms with Gasteiger partial charge >= 0.3 is 0 Å². The van der Waals surface area contributed by atoms with E-state index in [1.165, 1.54) is 152 Å². The Kier molecular flexibility index (Phi) is 10.1. The maximum Gasteiger partial charge on any atom is 0.0653 e. The number of benzene rings is 8. The minimum absolute atomic E-state index is 0.121. The van der Waals surface area contributed by atoms with Crippen molar-refractivity contribution < 1.29 is 0 Å². The molecule has 0 aliphatic heterocycles. The summed E-state index contributed by atoms with van der Waals surface area (Å²) < 4.78 is 2.59. The number of anilines is 5. The molecule has 1 atom stereocenters. The number of nitrogens with zero attached hydrogens (tertiary/aromatic N) is 3. The molecule has 11 aromatic rings. The van der Waals surface area contributed by atoms with Gasteiger partial charge in [0.2, 0.25) is 0 Å². The molecule has 342 valence electrons. The van der Waals surface area contributed by atoms with E-state index in [1.807, 2.05) is 0 Å². The largest absolute Gasteiger partial charge is 0.354 e. The van der Waals surface area contributed by atoms with Crippen LogP contribution >= 0.6 is 0 Å². The molecule has 2 saturated carbocycles. The van der Waals surface area contributed by atoms with Crippen molar-refractivity contribution in [3.05, 3.63) is 210 Å². The monoisotopic (exact) mass is 906 g/mol. The molecule has 70 heavy (non-hydrogen) atoms. The first-order valence-electron chi connectivity index (χ1n) is 26.2. The van der Waals surface area contributed by atoms with Crippen LogP contribution in [0, 0.1) is 0 Å². The van der Waals surface area contributed by atoms with Crippen molar-refractivity contribution in [3.8, 4) is 11.1 Å². The first kappa shape index (κ1) is 41.4. The van der Waals surface area contributed by atoms with E-state index in [0.29, 0.717) is 11.8 Å². The molecular weight excluding hydrogens is 849 g/mol. The van der Waals surface area contributed by atoms with Crippen LogP contribution in [0.3, 0.4) is 0 Å². The van der Waals surface area contributed by atoms with Crippen LogP contribution in [0.25, 0.3) is 66.3 Å². The van der Waals surface area contributed by atoms with Crippen LogP contribution < -0.4 is 15.0 Å². The van der Waals surface area contributed by atoms with Crippen molar-refractivity contribution in [2.45, 2.75) is 88.5 Å². The molecule has 0 saturated heterocycles. The lowest BCUT2D eigenvalue weighted by Gasteiger charge is -2.35. The first-order valence-corrected chi connectivity index (χ1v) is 26.2. The molecule has 3 aliphatic rings. The lowest BCUT2D eigenvalue weighted by Crippen LogP contribution is -2.26. The molecule has 2 fully saturated rings. The summed E-state index contributed by atoms with van der Waals surface area (Å²) in [5, 5.41) is 6.45. The molecule has 8 aromatic carbocycles. The smallest absolute Gasteiger partial charge is 0.0653 e. The fourth-order valence-electron chi connectivity index (χ4n) is 13.3. The highest BCUT2D eigenvalue weighted by Crippen LogP contribution is 2.49. The van der Waals surface area contributed by atoms with E-state index in [2.05, 4.69) is 213 Å². The lowest BCUT2D eigenvalue weighted by atomic mass is 9.84. The van der Waals surface area contributed by atoms with E-state index in [1.54, 1.807) is 0 Å². The zero-order valence-corrected chi connectivity index (χ0v) is 39.8. The predicted octanol–water partition coefficient (Wildman–Crippen LogP) is 17.9. The van der Waals surface area contributed by atoms with Gasteiger partial charge in [-0.25, -0.2) is 0 Å². The Morgan fingerprint density at radius 3 is 1.70 bits per heavy atom. The highest BCUT2D eigenvalue weighted by atomic mass is 15.2. The van der Waals surface area contributed by atoms with Crippen LogP contribution in [0.5, 0.6) is 0 Å². The number of hydrogen-bond donors (Lipinski definition) is 1. The second kappa shape index (κ2) is 17.1. The van der Waals surface area contributed by atoms with Gasteiger partial charge in [-0.2, -0.15) is 0 Å². The number of nitrogens with one attached hydrogen (secondary N) is 1. The summed E-state index contributed by atoms with van der Waals surface area (Å²) in [6.07, 6.45) is 16.8. The van der Waals surface area contributed by atoms with Crippen molar-refractivity contribution in [3.63, 3.8) is 0 Å². The molecule has 4 nitrogen and oxygen atoms in total. The van der Waals surface area contributed by atoms with Gasteiger partial charge in [-0.3, -0.25) is 0 Å². The second-order valence-electron chi connectivity index (χ2n) is 20.5. The van der Waals surface area contributed by atoms with Crippen LogP contribution in [-0.2, 0) is 0 Å². The highest BCUT2D eigenvalue weighted by Gasteiger charge is 2.33. The summed E-state index contributed by atoms with van der Waals surface area (Å²) in [6.45, 7) is 0. The number of aromatic amines is 1. The first-order chi connectivity index (χ1) is 34.7. The quantitative estimate of drug-likeness (QED) is 0.156. The predicted molar refractivity (Wildman–Crippen MR) is 296 cm³/mol. The summed E-state index contributed by atoms with van der Waals surface area (Å²) in [5.41, 5.74) is 18.9. The highest BCUT2D eigenvalue weighted by molar-refractivity contribution is 6.19. The van der Waals surface area contributed by atoms with Crippen LogP contribution in [0.4, 0.5) is 28.4 Å². The maximum atomic E-state index is 4.09. The fraction of sp³-hybridized carbons (Fsp3) is 0.212. The lowest BCUT2D eigenvalue weighted by molar-refractivity contribution is 0.443. The van der Waals surface area contributed by atoms with Crippen molar-refractivity contribution in [2.24, 2.45) is 0 Å². The Bertz CT molecular complexity index is 3740. The molecule has 3 aromatic heterocycles. The van der Waals surface area contributed by atoms with Gasteiger partial charge in [-0.05, 0) is 133 Å². The maximum absolute atomic E-state index is 4.09. The fourth-order valence-corrected chi connectivity index (χ4v) is 13.3. The average Bonchev–Trinajstić information content (AvgIpc) is 4.09. The Hall–Kier alpha value is -7.56. The molecule has 0 bridgehead atoms. The van der Waals surface area contributed by atoms with Gasteiger partial charge in [0.1, 0.15) is 0 Å². The van der Waals surface area contributed by atoms with Gasteiger partial charge in [0.05, 0.1) is 33.8 Å². The second-order valence-corrected chi connectivity index (χ2v) is 20.5. The van der Waals surface area contributed by atoms with Crippen LogP contribution in [0.2, 0.25) is 0 Å². The number of fused-ring (bicyclic) bond motifs is 9. The van der Waals surface area contributed by atoms with E-state index in [9.17, 15) is 0 Å². The number of para-hydroxylation sites is 3. The molecule has 3 heterocycles. The van der Waals surface area contributed by atoms with Gasteiger partial charge in [0, 0.05) is 66.2 Å². The molecule has 1 unspecified atom stereocenters. The van der Waals surface area contributed by atoms with Crippen molar-refractivity contribution >= 4 is 83.6 Å². The van der Waals surface area contributed by atoms with Crippen molar-refractivity contribution in [1.29, 1.82) is 0 Å². The van der Waals surface area contributed by atoms with E-state index in [4.69, 9.17) is 0 Å². The Balaban J connectivity index is 0.944. The molecular formula is C66H58N4. The van der Waals surface area contributed by atoms with Gasteiger partial charge in [0.15, 0.2) is 0 Å². The van der Waals surface area contributed by atoms with Crippen LogP contribution in [-0.4, -0.2) is 9.38 Å². The van der Waals surface area contributed by atoms with Gasteiger partial charge in [-0.1, -0.05) is 160 Å². The number of H-pyrrole nitrogens is 1. The zero-order chi connectivity index (χ0) is 46.1. The van der Waals surface area contributed by atoms with E-state index in [-0.39, 0.29) is 6.04 Å². The summed E-state index contributed by atoms with van der Waals surface area (Å²) in [5.74, 6) is 1.34. The molecule has 0 spiro atoms. The summed E-state index contributed by atoms with van der Waals surface area (Å²) >= 11 is 0. The van der Waals surface area contributed by atoms with Crippen molar-refractivity contribution in [2.75, 3.05) is 9.80 Å². The van der Waals surface area contributed by atoms with Crippen LogP contribution in [0.15, 0.2) is 188 Å². The molecule has 0 amide bonds. The standard InChI is InChI=1S/C66H58N4/c1-6-18-44(19-7-1)46-30-34-51(35-31-46)68(49-24-12-4-13-25-49)60-40-38-53-56-43-62-57(42-58(56)67-65(53)63(60)48-22-10-3-11-23-48)54-39-41-61(64-55-28-16-17-29-59(55)70(62)66(54)64)69(50-26-14-5-15-27-50)52-36-32-47(33-37-52)45-20-8-2-9-21-45/h3-5,10-17,22-40,42-45,61,67H,1-2,6-9,18-21,41H2. The molecule has 3 aliphatic carbocycles. The molecule has 1 N–H and O–H groups in total. The summed E-state index contributed by atoms with van der Waals surface area (Å²) in [4.78, 5) is 9.17. The Labute approximate surface area is 410 Å². The Morgan fingerprint density at radius 2 is 1.03 bits per heavy atom. The minimum Gasteiger partial charge on any atom is -0.354 e. The molecule has 0 radical (unpaired) electrons. The average molecular weight is 907 g/mol. The molecule has 4 heteroatoms. The summed E-state index contributed by atoms with van der Waals surface area (Å²) in [6, 6.07) is 71.1. The van der Waals surface area contributed by atoms with Gasteiger partial charge in [0.25, 0.3) is 0 Å². The van der Waals surface area contributed by atoms with Gasteiger partial charge < -0.3 is 19.2 Å². The van der Waals surface area contributed by atoms with Crippen LogP contribution in [0.1, 0.15) is 105 Å². The zero-order valence-electron chi connectivity index (χ0n) is 39.8. The third-order valence-electron chi connectivity index (χ3n) is 16.6. The van der Waals surface area contributed by atoms with E-state index < -0.39 is 0 Å². The third kappa shape index (κ3) is 6.78. The Morgan fingerprint density at radius 1 is 0.457 bits per heavy atom.